The Morgan fingerprint density at radius 3 is 1.49 bits per heavy atom. The van der Waals surface area contributed by atoms with Crippen molar-refractivity contribution in [2.75, 3.05) is 13.2 Å². The molecule has 0 saturated carbocycles. The van der Waals surface area contributed by atoms with Crippen molar-refractivity contribution >= 4 is 49.4 Å². The Morgan fingerprint density at radius 1 is 0.638 bits per heavy atom. The smallest absolute Gasteiger partial charge is 0.407 e. The first-order valence-corrected chi connectivity index (χ1v) is 23.1. The second-order valence-electron chi connectivity index (χ2n) is 19.3. The Hall–Kier alpha value is -7.19. The molecule has 1 amide bonds. The summed E-state index contributed by atoms with van der Waals surface area (Å²) in [6.07, 6.45) is 7.49. The molecule has 0 spiro atoms. The number of aryl methyl sites for hydroxylation is 2. The summed E-state index contributed by atoms with van der Waals surface area (Å²) in [5, 5.41) is 7.33. The van der Waals surface area contributed by atoms with Crippen LogP contribution in [0.1, 0.15) is 61.3 Å². The highest BCUT2D eigenvalue weighted by Crippen LogP contribution is 2.38. The molecule has 8 rings (SSSR count). The lowest BCUT2D eigenvalue weighted by molar-refractivity contribution is 0.0480. The molecule has 3 N–H and O–H groups in total. The van der Waals surface area contributed by atoms with Crippen LogP contribution in [0.15, 0.2) is 119 Å². The number of carbonyl (C=O) groups is 1. The van der Waals surface area contributed by atoms with Gasteiger partial charge in [0.1, 0.15) is 41.9 Å². The van der Waals surface area contributed by atoms with Gasteiger partial charge in [-0.3, -0.25) is 19.6 Å². The van der Waals surface area contributed by atoms with E-state index in [-0.39, 0.29) is 41.4 Å². The number of hydrogen-bond acceptors (Lipinski definition) is 9. The maximum absolute atomic E-state index is 13.7. The lowest BCUT2D eigenvalue weighted by atomic mass is 9.99. The van der Waals surface area contributed by atoms with E-state index in [2.05, 4.69) is 43.0 Å². The first-order chi connectivity index (χ1) is 32.8. The fourth-order valence-electron chi connectivity index (χ4n) is 8.53. The highest BCUT2D eigenvalue weighted by Gasteiger charge is 2.23. The number of fused-ring (bicyclic) bond motifs is 6. The lowest BCUT2D eigenvalue weighted by Crippen LogP contribution is -2.42. The van der Waals surface area contributed by atoms with Crippen molar-refractivity contribution in [2.45, 2.75) is 79.0 Å². The van der Waals surface area contributed by atoms with Crippen molar-refractivity contribution in [1.82, 2.24) is 24.4 Å². The summed E-state index contributed by atoms with van der Waals surface area (Å²) in [5.74, 6) is 1.26. The van der Waals surface area contributed by atoms with Gasteiger partial charge in [-0.1, -0.05) is 52.0 Å². The predicted octanol–water partition coefficient (Wildman–Crippen LogP) is 10.9. The number of pyridine rings is 4. The number of carbonyl (C=O) groups excluding carboxylic acids is 1. The largest absolute Gasteiger partial charge is 0.491 e. The molecule has 14 heteroatoms. The molecule has 0 unspecified atom stereocenters. The van der Waals surface area contributed by atoms with Gasteiger partial charge in [-0.15, -0.1) is 0 Å². The van der Waals surface area contributed by atoms with Crippen molar-refractivity contribution in [2.24, 2.45) is 31.7 Å². The number of nitrogens with two attached hydrogens (primary N) is 1. The van der Waals surface area contributed by atoms with Crippen molar-refractivity contribution in [3.8, 4) is 33.8 Å². The lowest BCUT2D eigenvalue weighted by Gasteiger charge is -2.25. The molecule has 4 heterocycles. The van der Waals surface area contributed by atoms with E-state index in [1.165, 1.54) is 24.3 Å². The van der Waals surface area contributed by atoms with Crippen LogP contribution in [-0.4, -0.2) is 56.1 Å². The van der Waals surface area contributed by atoms with Gasteiger partial charge in [0.05, 0.1) is 27.8 Å². The van der Waals surface area contributed by atoms with Crippen LogP contribution in [0.4, 0.5) is 13.6 Å². The zero-order valence-corrected chi connectivity index (χ0v) is 40.6. The first kappa shape index (κ1) is 49.7. The molecule has 0 saturated heterocycles. The summed E-state index contributed by atoms with van der Waals surface area (Å²) in [6, 6.07) is 23.4. The van der Waals surface area contributed by atoms with Crippen LogP contribution in [0.2, 0.25) is 0 Å². The highest BCUT2D eigenvalue weighted by molar-refractivity contribution is 6.08. The monoisotopic (exact) mass is 938 g/mol. The molecular weight excluding hydrogens is 879 g/mol. The van der Waals surface area contributed by atoms with E-state index in [1.54, 1.807) is 72.3 Å². The molecule has 0 aliphatic carbocycles. The molecule has 0 bridgehead atoms. The van der Waals surface area contributed by atoms with Gasteiger partial charge in [0.25, 0.3) is 11.1 Å². The number of hydrogen-bond donors (Lipinski definition) is 2. The fraction of sp³-hybridized carbons (Fsp3) is 0.327. The van der Waals surface area contributed by atoms with E-state index in [1.807, 2.05) is 57.2 Å². The number of aromatic nitrogens is 4. The molecule has 69 heavy (non-hydrogen) atoms. The quantitative estimate of drug-likeness (QED) is 0.108. The van der Waals surface area contributed by atoms with Gasteiger partial charge in [-0.25, -0.2) is 13.6 Å². The highest BCUT2D eigenvalue weighted by atomic mass is 19.1. The van der Waals surface area contributed by atoms with Crippen molar-refractivity contribution in [3.63, 3.8) is 0 Å². The second-order valence-corrected chi connectivity index (χ2v) is 19.3. The summed E-state index contributed by atoms with van der Waals surface area (Å²) >= 11 is 0. The van der Waals surface area contributed by atoms with Crippen molar-refractivity contribution in [3.05, 3.63) is 142 Å². The maximum atomic E-state index is 13.7. The van der Waals surface area contributed by atoms with Crippen molar-refractivity contribution < 1.29 is 27.8 Å². The number of benzene rings is 4. The number of amides is 1. The summed E-state index contributed by atoms with van der Waals surface area (Å²) in [5.41, 5.74) is 9.93. The SMILES string of the molecule is CC(C)C[C@@H](COc1cc2c(cc1-c1ccc(F)cc1)c1ccncc1c(=O)n2C)NC(=O)OC(C)(C)C.CC(C)C[C@H](N)COc1cc2c(cc1-c1ccc(F)cc1)c1ccncc1c(=O)n2C. The number of ether oxygens (including phenoxy) is 3. The van der Waals surface area contributed by atoms with Gasteiger partial charge in [0.15, 0.2) is 0 Å². The average molecular weight is 939 g/mol. The Labute approximate surface area is 400 Å². The Morgan fingerprint density at radius 2 is 1.07 bits per heavy atom. The van der Waals surface area contributed by atoms with E-state index < -0.39 is 11.7 Å². The number of halogens is 2. The normalized spacial score (nSPS) is 12.6. The summed E-state index contributed by atoms with van der Waals surface area (Å²) < 4.78 is 48.4. The van der Waals surface area contributed by atoms with Gasteiger partial charge >= 0.3 is 6.09 Å². The van der Waals surface area contributed by atoms with Gasteiger partial charge in [0.2, 0.25) is 0 Å². The van der Waals surface area contributed by atoms with Gasteiger partial charge < -0.3 is 34.4 Å². The number of alkyl carbamates (subject to hydrolysis) is 1. The number of rotatable bonds is 13. The van der Waals surface area contributed by atoms with Crippen LogP contribution >= 0.6 is 0 Å². The summed E-state index contributed by atoms with van der Waals surface area (Å²) in [7, 11) is 3.45. The van der Waals surface area contributed by atoms with Crippen LogP contribution in [0, 0.1) is 23.5 Å². The van der Waals surface area contributed by atoms with Crippen LogP contribution in [0.25, 0.3) is 65.6 Å². The number of nitrogens with one attached hydrogen (secondary N) is 1. The molecule has 4 aromatic heterocycles. The van der Waals surface area contributed by atoms with Gasteiger partial charge in [-0.05, 0) is 116 Å². The van der Waals surface area contributed by atoms with Gasteiger partial charge in [-0.2, -0.15) is 0 Å². The molecular formula is C55H60F2N6O6. The molecule has 12 nitrogen and oxygen atoms in total. The third-order valence-electron chi connectivity index (χ3n) is 11.7. The molecule has 4 aromatic carbocycles. The topological polar surface area (TPSA) is 153 Å². The molecule has 0 radical (unpaired) electrons. The van der Waals surface area contributed by atoms with Crippen LogP contribution < -0.4 is 31.6 Å². The summed E-state index contributed by atoms with van der Waals surface area (Å²) in [4.78, 5) is 46.6. The molecule has 2 atom stereocenters. The molecule has 8 aromatic rings. The minimum atomic E-state index is -0.621. The first-order valence-electron chi connectivity index (χ1n) is 23.1. The Balaban J connectivity index is 0.000000208. The summed E-state index contributed by atoms with van der Waals surface area (Å²) in [6.45, 7) is 14.4. The Bertz CT molecular complexity index is 3250. The van der Waals surface area contributed by atoms with Gasteiger partial charge in [0, 0.05) is 79.0 Å². The molecule has 0 aliphatic heterocycles. The van der Waals surface area contributed by atoms with E-state index in [0.717, 1.165) is 55.7 Å². The third-order valence-corrected chi connectivity index (χ3v) is 11.7. The Kier molecular flexibility index (Phi) is 15.1. The zero-order valence-electron chi connectivity index (χ0n) is 40.6. The standard InChI is InChI=1S/C30H34FN3O4.C25H26FN3O2/c1-18(2)13-21(33-29(36)38-30(3,4)5)17-37-27-15-26-24(14-23(27)19-7-9-20(31)10-8-19)22-11-12-32-16-25(22)28(35)34(26)6;1-15(2)10-18(27)14-31-24-12-23-21(11-20(24)16-4-6-17(26)7-5-16)19-8-9-28-13-22(19)25(30)29(23)3/h7-12,14-16,18,21H,13,17H2,1-6H3,(H,33,36);4-9,11-13,15,18H,10,14,27H2,1-3H3/t21-;18-/m00/s1. The molecule has 0 fully saturated rings. The minimum absolute atomic E-state index is 0.108. The van der Waals surface area contributed by atoms with Crippen molar-refractivity contribution in [1.29, 1.82) is 0 Å². The van der Waals surface area contributed by atoms with E-state index in [9.17, 15) is 23.2 Å². The zero-order chi connectivity index (χ0) is 49.7. The molecule has 0 aliphatic rings. The average Bonchev–Trinajstić information content (AvgIpc) is 3.30. The van der Waals surface area contributed by atoms with Crippen LogP contribution in [0.3, 0.4) is 0 Å². The number of nitrogens with zero attached hydrogens (tertiary/aromatic N) is 4. The van der Waals surface area contributed by atoms with Crippen LogP contribution in [0.5, 0.6) is 11.5 Å². The van der Waals surface area contributed by atoms with E-state index in [0.29, 0.717) is 52.7 Å². The third kappa shape index (κ3) is 11.7. The maximum Gasteiger partial charge on any atom is 0.407 e. The fourth-order valence-corrected chi connectivity index (χ4v) is 8.53. The molecule has 360 valence electrons. The van der Waals surface area contributed by atoms with E-state index in [4.69, 9.17) is 19.9 Å². The second kappa shape index (κ2) is 21.0. The predicted molar refractivity (Wildman–Crippen MR) is 271 cm³/mol. The minimum Gasteiger partial charge on any atom is -0.491 e. The van der Waals surface area contributed by atoms with E-state index >= 15 is 0 Å². The van der Waals surface area contributed by atoms with Crippen LogP contribution in [-0.2, 0) is 18.8 Å².